The van der Waals surface area contributed by atoms with E-state index < -0.39 is 0 Å². The predicted octanol–water partition coefficient (Wildman–Crippen LogP) is 6.26. The molecule has 0 radical (unpaired) electrons. The van der Waals surface area contributed by atoms with Crippen molar-refractivity contribution in [2.45, 2.75) is 13.8 Å². The molecule has 5 N–H and O–H groups in total. The standard InChI is InChI=1S/C26H23N7S/c1-14-4-7-20-19(8-9-29-26(20)33-18-6-5-17(11-27)15(2)10-18)22(14)32-16(3)21-12-34-24-23(21)30-13-31-25(24)28/h4-13,27,32H,3H2,1-2H3,(H,29,33)(H2,28,30,31). The molecule has 0 unspecified atom stereocenters. The zero-order chi connectivity index (χ0) is 23.8. The molecule has 0 bridgehead atoms. The Bertz CT molecular complexity index is 1590. The minimum Gasteiger partial charge on any atom is -0.382 e. The van der Waals surface area contributed by atoms with Crippen molar-refractivity contribution in [2.75, 3.05) is 16.4 Å². The van der Waals surface area contributed by atoms with Gasteiger partial charge in [0.1, 0.15) is 18.0 Å². The summed E-state index contributed by atoms with van der Waals surface area (Å²) in [6.45, 7) is 8.34. The lowest BCUT2D eigenvalue weighted by atomic mass is 10.0. The van der Waals surface area contributed by atoms with Gasteiger partial charge in [-0.1, -0.05) is 24.8 Å². The molecule has 3 heterocycles. The van der Waals surface area contributed by atoms with Crippen LogP contribution in [0.4, 0.5) is 23.0 Å². The van der Waals surface area contributed by atoms with Crippen LogP contribution in [-0.4, -0.2) is 21.2 Å². The molecule has 5 rings (SSSR count). The van der Waals surface area contributed by atoms with E-state index in [0.29, 0.717) is 5.82 Å². The molecule has 2 aromatic carbocycles. The Morgan fingerprint density at radius 1 is 1.06 bits per heavy atom. The number of aromatic nitrogens is 3. The van der Waals surface area contributed by atoms with Gasteiger partial charge < -0.3 is 21.8 Å². The summed E-state index contributed by atoms with van der Waals surface area (Å²) in [4.78, 5) is 13.1. The van der Waals surface area contributed by atoms with Crippen LogP contribution in [0.2, 0.25) is 0 Å². The minimum absolute atomic E-state index is 0.473. The summed E-state index contributed by atoms with van der Waals surface area (Å²) in [6.07, 6.45) is 4.63. The smallest absolute Gasteiger partial charge is 0.144 e. The van der Waals surface area contributed by atoms with Gasteiger partial charge in [-0.15, -0.1) is 11.3 Å². The normalized spacial score (nSPS) is 11.0. The monoisotopic (exact) mass is 465 g/mol. The Balaban J connectivity index is 1.52. The number of benzene rings is 2. The Labute approximate surface area is 200 Å². The number of nitrogens with zero attached hydrogens (tertiary/aromatic N) is 3. The van der Waals surface area contributed by atoms with Gasteiger partial charge in [-0.05, 0) is 48.7 Å². The highest BCUT2D eigenvalue weighted by atomic mass is 32.1. The molecule has 0 fully saturated rings. The summed E-state index contributed by atoms with van der Waals surface area (Å²) in [5, 5.41) is 18.5. The highest BCUT2D eigenvalue weighted by Gasteiger charge is 2.15. The van der Waals surface area contributed by atoms with Gasteiger partial charge in [0.05, 0.1) is 10.2 Å². The molecule has 0 aliphatic heterocycles. The van der Waals surface area contributed by atoms with E-state index in [1.165, 1.54) is 23.9 Å². The maximum Gasteiger partial charge on any atom is 0.144 e. The Kier molecular flexibility index (Phi) is 5.43. The number of hydrogen-bond donors (Lipinski definition) is 4. The lowest BCUT2D eigenvalue weighted by Gasteiger charge is -2.17. The van der Waals surface area contributed by atoms with E-state index in [0.717, 1.165) is 66.1 Å². The van der Waals surface area contributed by atoms with Crippen LogP contribution in [0.25, 0.3) is 26.7 Å². The first-order valence-corrected chi connectivity index (χ1v) is 11.5. The minimum atomic E-state index is 0.473. The molecule has 0 saturated carbocycles. The molecule has 168 valence electrons. The second-order valence-electron chi connectivity index (χ2n) is 8.04. The van der Waals surface area contributed by atoms with Crippen LogP contribution < -0.4 is 16.4 Å². The van der Waals surface area contributed by atoms with Gasteiger partial charge in [0.25, 0.3) is 0 Å². The molecule has 8 heteroatoms. The number of thiophene rings is 1. The van der Waals surface area contributed by atoms with E-state index in [9.17, 15) is 0 Å². The molecule has 34 heavy (non-hydrogen) atoms. The van der Waals surface area contributed by atoms with Crippen LogP contribution >= 0.6 is 11.3 Å². The first-order chi connectivity index (χ1) is 16.5. The zero-order valence-corrected chi connectivity index (χ0v) is 19.6. The summed E-state index contributed by atoms with van der Waals surface area (Å²) >= 11 is 1.51. The first-order valence-electron chi connectivity index (χ1n) is 10.7. The van der Waals surface area contributed by atoms with E-state index in [2.05, 4.69) is 51.2 Å². The third kappa shape index (κ3) is 3.74. The van der Waals surface area contributed by atoms with Crippen LogP contribution in [0.15, 0.2) is 60.9 Å². The molecule has 0 amide bonds. The van der Waals surface area contributed by atoms with Crippen LogP contribution in [0.3, 0.4) is 0 Å². The Hall–Kier alpha value is -4.30. The van der Waals surface area contributed by atoms with E-state index in [1.807, 2.05) is 36.6 Å². The summed E-state index contributed by atoms with van der Waals surface area (Å²) in [6, 6.07) is 12.0. The van der Waals surface area contributed by atoms with Gasteiger partial charge in [0.2, 0.25) is 0 Å². The van der Waals surface area contributed by atoms with E-state index in [4.69, 9.17) is 11.1 Å². The number of nitrogens with two attached hydrogens (primary N) is 1. The molecule has 0 aliphatic carbocycles. The number of anilines is 4. The molecule has 0 aliphatic rings. The van der Waals surface area contributed by atoms with Gasteiger partial charge in [-0.2, -0.15) is 0 Å². The van der Waals surface area contributed by atoms with E-state index in [-0.39, 0.29) is 0 Å². The quantitative estimate of drug-likeness (QED) is 0.220. The number of aryl methyl sites for hydroxylation is 2. The van der Waals surface area contributed by atoms with E-state index >= 15 is 0 Å². The molecule has 0 spiro atoms. The number of nitrogens with one attached hydrogen (secondary N) is 3. The predicted molar refractivity (Wildman–Crippen MR) is 143 cm³/mol. The molecular weight excluding hydrogens is 442 g/mol. The van der Waals surface area contributed by atoms with Crippen molar-refractivity contribution in [3.05, 3.63) is 83.1 Å². The number of nitrogen functional groups attached to an aromatic ring is 1. The average Bonchev–Trinajstić information content (AvgIpc) is 3.27. The third-order valence-corrected chi connectivity index (χ3v) is 6.82. The average molecular weight is 466 g/mol. The first kappa shape index (κ1) is 21.5. The van der Waals surface area contributed by atoms with Crippen molar-refractivity contribution in [1.29, 1.82) is 5.41 Å². The van der Waals surface area contributed by atoms with Crippen molar-refractivity contribution in [1.82, 2.24) is 15.0 Å². The van der Waals surface area contributed by atoms with Crippen LogP contribution in [-0.2, 0) is 0 Å². The largest absolute Gasteiger partial charge is 0.382 e. The van der Waals surface area contributed by atoms with Gasteiger partial charge >= 0.3 is 0 Å². The summed E-state index contributed by atoms with van der Waals surface area (Å²) < 4.78 is 0.857. The summed E-state index contributed by atoms with van der Waals surface area (Å²) in [5.74, 6) is 1.23. The van der Waals surface area contributed by atoms with Crippen molar-refractivity contribution in [2.24, 2.45) is 0 Å². The molecule has 0 saturated heterocycles. The maximum atomic E-state index is 7.51. The fourth-order valence-corrected chi connectivity index (χ4v) is 4.92. The van der Waals surface area contributed by atoms with Crippen molar-refractivity contribution in [3.8, 4) is 0 Å². The van der Waals surface area contributed by atoms with Gasteiger partial charge in [-0.25, -0.2) is 15.0 Å². The summed E-state index contributed by atoms with van der Waals surface area (Å²) in [5.41, 5.74) is 13.3. The lowest BCUT2D eigenvalue weighted by Crippen LogP contribution is -2.02. The fourth-order valence-electron chi connectivity index (χ4n) is 3.98. The summed E-state index contributed by atoms with van der Waals surface area (Å²) in [7, 11) is 0. The van der Waals surface area contributed by atoms with Gasteiger partial charge in [0, 0.05) is 51.2 Å². The zero-order valence-electron chi connectivity index (χ0n) is 18.8. The number of hydrogen-bond acceptors (Lipinski definition) is 8. The highest BCUT2D eigenvalue weighted by Crippen LogP contribution is 2.36. The van der Waals surface area contributed by atoms with Gasteiger partial charge in [-0.3, -0.25) is 0 Å². The van der Waals surface area contributed by atoms with Crippen LogP contribution in [0.5, 0.6) is 0 Å². The van der Waals surface area contributed by atoms with Crippen LogP contribution in [0, 0.1) is 19.3 Å². The Morgan fingerprint density at radius 2 is 1.91 bits per heavy atom. The van der Waals surface area contributed by atoms with Crippen molar-refractivity contribution >= 4 is 67.2 Å². The Morgan fingerprint density at radius 3 is 2.71 bits per heavy atom. The molecular formula is C26H23N7S. The number of rotatable bonds is 6. The topological polar surface area (TPSA) is 113 Å². The molecule has 3 aromatic heterocycles. The number of fused-ring (bicyclic) bond motifs is 2. The second kappa shape index (κ2) is 8.57. The second-order valence-corrected chi connectivity index (χ2v) is 8.92. The third-order valence-electron chi connectivity index (χ3n) is 5.82. The maximum absolute atomic E-state index is 7.51. The molecule has 0 atom stereocenters. The number of pyridine rings is 1. The highest BCUT2D eigenvalue weighted by molar-refractivity contribution is 7.18. The van der Waals surface area contributed by atoms with Crippen molar-refractivity contribution in [3.63, 3.8) is 0 Å². The van der Waals surface area contributed by atoms with Crippen LogP contribution in [0.1, 0.15) is 22.3 Å². The molecule has 7 nitrogen and oxygen atoms in total. The van der Waals surface area contributed by atoms with E-state index in [1.54, 1.807) is 6.20 Å². The van der Waals surface area contributed by atoms with Gasteiger partial charge in [0.15, 0.2) is 0 Å². The molecule has 5 aromatic rings. The SMILES string of the molecule is C=C(Nc1c(C)ccc2c(Nc3ccc(C=N)c(C)c3)nccc12)c1csc2c(N)ncnc12. The lowest BCUT2D eigenvalue weighted by molar-refractivity contribution is 1.23. The van der Waals surface area contributed by atoms with Crippen molar-refractivity contribution < 1.29 is 0 Å². The fraction of sp³-hybridized carbons (Fsp3) is 0.0769.